The van der Waals surface area contributed by atoms with E-state index in [-0.39, 0.29) is 10.4 Å². The highest BCUT2D eigenvalue weighted by Gasteiger charge is 2.35. The predicted molar refractivity (Wildman–Crippen MR) is 104 cm³/mol. The van der Waals surface area contributed by atoms with Gasteiger partial charge < -0.3 is 10.6 Å². The molecule has 3 aromatic rings. The van der Waals surface area contributed by atoms with Gasteiger partial charge in [0.2, 0.25) is 5.95 Å². The quantitative estimate of drug-likeness (QED) is 0.692. The lowest BCUT2D eigenvalue weighted by molar-refractivity contribution is -0.143. The number of nitrogens with two attached hydrogens (primary N) is 1. The van der Waals surface area contributed by atoms with Crippen LogP contribution in [0.25, 0.3) is 11.3 Å². The topological polar surface area (TPSA) is 85.8 Å². The van der Waals surface area contributed by atoms with Gasteiger partial charge in [0.1, 0.15) is 5.03 Å². The molecule has 0 amide bonds. The van der Waals surface area contributed by atoms with Crippen LogP contribution >= 0.6 is 11.8 Å². The fraction of sp³-hybridized carbons (Fsp3) is 0.444. The van der Waals surface area contributed by atoms with Crippen molar-refractivity contribution in [2.45, 2.75) is 41.4 Å². The third-order valence-electron chi connectivity index (χ3n) is 4.98. The van der Waals surface area contributed by atoms with Crippen LogP contribution in [0.1, 0.15) is 25.5 Å². The average molecular weight is 423 g/mol. The van der Waals surface area contributed by atoms with E-state index in [1.807, 2.05) is 18.5 Å². The SMILES string of the molecule is Cn1c(N2CCC(C)(N)CC2)nc2ncc(Sc3cccnc3C(F)(F)F)nc21. The Morgan fingerprint density at radius 1 is 1.17 bits per heavy atom. The van der Waals surface area contributed by atoms with Crippen molar-refractivity contribution in [3.63, 3.8) is 0 Å². The third kappa shape index (κ3) is 4.01. The Morgan fingerprint density at radius 2 is 1.90 bits per heavy atom. The number of fused-ring (bicyclic) bond motifs is 1. The molecule has 4 rings (SSSR count). The summed E-state index contributed by atoms with van der Waals surface area (Å²) in [7, 11) is 1.83. The zero-order chi connectivity index (χ0) is 20.8. The van der Waals surface area contributed by atoms with Gasteiger partial charge in [0.15, 0.2) is 17.0 Å². The van der Waals surface area contributed by atoms with Crippen LogP contribution in [-0.4, -0.2) is 43.1 Å². The summed E-state index contributed by atoms with van der Waals surface area (Å²) in [5, 5.41) is 0.346. The number of pyridine rings is 1. The van der Waals surface area contributed by atoms with Gasteiger partial charge in [0, 0.05) is 36.8 Å². The van der Waals surface area contributed by atoms with Crippen LogP contribution in [0.2, 0.25) is 0 Å². The van der Waals surface area contributed by atoms with Crippen LogP contribution in [0.3, 0.4) is 0 Å². The summed E-state index contributed by atoms with van der Waals surface area (Å²) in [6, 6.07) is 2.84. The molecule has 0 spiro atoms. The first kappa shape index (κ1) is 19.9. The number of aromatic nitrogens is 5. The molecule has 7 nitrogen and oxygen atoms in total. The fourth-order valence-electron chi connectivity index (χ4n) is 3.27. The van der Waals surface area contributed by atoms with Crippen molar-refractivity contribution in [1.29, 1.82) is 0 Å². The minimum Gasteiger partial charge on any atom is -0.342 e. The molecule has 0 saturated carbocycles. The Hall–Kier alpha value is -2.40. The first-order valence-corrected chi connectivity index (χ1v) is 9.89. The van der Waals surface area contributed by atoms with Gasteiger partial charge in [0.05, 0.1) is 6.20 Å². The summed E-state index contributed by atoms with van der Waals surface area (Å²) < 4.78 is 41.4. The van der Waals surface area contributed by atoms with Gasteiger partial charge in [-0.15, -0.1) is 0 Å². The number of piperidine rings is 1. The van der Waals surface area contributed by atoms with Crippen molar-refractivity contribution in [2.75, 3.05) is 18.0 Å². The number of rotatable bonds is 3. The number of alkyl halides is 3. The molecule has 1 saturated heterocycles. The molecule has 1 fully saturated rings. The Balaban J connectivity index is 1.64. The maximum Gasteiger partial charge on any atom is 0.434 e. The molecule has 0 aliphatic carbocycles. The van der Waals surface area contributed by atoms with Crippen molar-refractivity contribution < 1.29 is 13.2 Å². The highest BCUT2D eigenvalue weighted by atomic mass is 32.2. The molecular weight excluding hydrogens is 403 g/mol. The van der Waals surface area contributed by atoms with E-state index in [0.717, 1.165) is 49.8 Å². The summed E-state index contributed by atoms with van der Waals surface area (Å²) in [6.07, 6.45) is -0.282. The van der Waals surface area contributed by atoms with Gasteiger partial charge in [-0.1, -0.05) is 11.8 Å². The number of nitrogens with zero attached hydrogens (tertiary/aromatic N) is 6. The number of halogens is 3. The molecule has 154 valence electrons. The summed E-state index contributed by atoms with van der Waals surface area (Å²) in [6.45, 7) is 3.59. The number of aryl methyl sites for hydroxylation is 1. The average Bonchev–Trinajstić information content (AvgIpc) is 2.98. The van der Waals surface area contributed by atoms with Crippen LogP contribution < -0.4 is 10.6 Å². The Morgan fingerprint density at radius 3 is 2.59 bits per heavy atom. The van der Waals surface area contributed by atoms with Crippen LogP contribution in [0.15, 0.2) is 34.4 Å². The lowest BCUT2D eigenvalue weighted by Gasteiger charge is -2.37. The largest absolute Gasteiger partial charge is 0.434 e. The molecule has 0 unspecified atom stereocenters. The molecule has 4 heterocycles. The maximum atomic E-state index is 13.2. The molecule has 1 aliphatic heterocycles. The van der Waals surface area contributed by atoms with Gasteiger partial charge in [-0.2, -0.15) is 18.2 Å². The molecule has 0 aromatic carbocycles. The van der Waals surface area contributed by atoms with E-state index in [1.165, 1.54) is 18.3 Å². The van der Waals surface area contributed by atoms with E-state index in [0.29, 0.717) is 16.3 Å². The molecule has 2 N–H and O–H groups in total. The molecule has 0 radical (unpaired) electrons. The minimum atomic E-state index is -4.54. The number of hydrogen-bond donors (Lipinski definition) is 1. The van der Waals surface area contributed by atoms with E-state index >= 15 is 0 Å². The summed E-state index contributed by atoms with van der Waals surface area (Å²) in [4.78, 5) is 18.9. The number of imidazole rings is 1. The number of anilines is 1. The second kappa shape index (κ2) is 7.13. The Bertz CT molecular complexity index is 1040. The second-order valence-corrected chi connectivity index (χ2v) is 8.48. The molecule has 3 aromatic heterocycles. The third-order valence-corrected chi connectivity index (χ3v) is 5.93. The smallest absolute Gasteiger partial charge is 0.342 e. The monoisotopic (exact) mass is 423 g/mol. The van der Waals surface area contributed by atoms with Gasteiger partial charge in [-0.05, 0) is 31.9 Å². The van der Waals surface area contributed by atoms with Gasteiger partial charge in [-0.3, -0.25) is 9.55 Å². The van der Waals surface area contributed by atoms with E-state index in [9.17, 15) is 13.2 Å². The zero-order valence-electron chi connectivity index (χ0n) is 15.9. The molecule has 29 heavy (non-hydrogen) atoms. The first-order valence-electron chi connectivity index (χ1n) is 9.07. The van der Waals surface area contributed by atoms with Crippen LogP contribution in [-0.2, 0) is 13.2 Å². The van der Waals surface area contributed by atoms with E-state index in [1.54, 1.807) is 0 Å². The minimum absolute atomic E-state index is 0.0192. The van der Waals surface area contributed by atoms with Crippen molar-refractivity contribution in [2.24, 2.45) is 12.8 Å². The van der Waals surface area contributed by atoms with Crippen LogP contribution in [0.5, 0.6) is 0 Å². The number of hydrogen-bond acceptors (Lipinski definition) is 7. The van der Waals surface area contributed by atoms with E-state index < -0.39 is 11.9 Å². The van der Waals surface area contributed by atoms with Crippen LogP contribution in [0.4, 0.5) is 19.1 Å². The van der Waals surface area contributed by atoms with Crippen LogP contribution in [0, 0.1) is 0 Å². The molecule has 11 heteroatoms. The van der Waals surface area contributed by atoms with Crippen molar-refractivity contribution in [3.05, 3.63) is 30.2 Å². The lowest BCUT2D eigenvalue weighted by Crippen LogP contribution is -2.48. The molecular formula is C18H20F3N7S. The van der Waals surface area contributed by atoms with Crippen molar-refractivity contribution in [3.8, 4) is 0 Å². The Kier molecular flexibility index (Phi) is 4.89. The summed E-state index contributed by atoms with van der Waals surface area (Å²) in [5.74, 6) is 0.731. The van der Waals surface area contributed by atoms with Gasteiger partial charge in [-0.25, -0.2) is 9.97 Å². The summed E-state index contributed by atoms with van der Waals surface area (Å²) in [5.41, 5.74) is 6.06. The zero-order valence-corrected chi connectivity index (χ0v) is 16.8. The maximum absolute atomic E-state index is 13.2. The highest BCUT2D eigenvalue weighted by Crippen LogP contribution is 2.37. The molecule has 0 atom stereocenters. The van der Waals surface area contributed by atoms with E-state index in [4.69, 9.17) is 5.73 Å². The molecule has 1 aliphatic rings. The second-order valence-electron chi connectivity index (χ2n) is 7.42. The first-order chi connectivity index (χ1) is 13.6. The molecule has 0 bridgehead atoms. The fourth-order valence-corrected chi connectivity index (χ4v) is 4.15. The van der Waals surface area contributed by atoms with Gasteiger partial charge >= 0.3 is 6.18 Å². The van der Waals surface area contributed by atoms with Crippen molar-refractivity contribution >= 4 is 29.0 Å². The van der Waals surface area contributed by atoms with Gasteiger partial charge in [0.25, 0.3) is 0 Å². The Labute approximate surface area is 169 Å². The summed E-state index contributed by atoms with van der Waals surface area (Å²) >= 11 is 0.882. The standard InChI is InChI=1S/C18H20F3N7S/c1-17(22)5-8-28(9-6-17)16-26-14-15(27(16)2)25-12(10-24-14)29-11-4-3-7-23-13(11)18(19,20)21/h3-4,7,10H,5-6,8-9,22H2,1-2H3. The lowest BCUT2D eigenvalue weighted by atomic mass is 9.91. The highest BCUT2D eigenvalue weighted by molar-refractivity contribution is 7.99. The normalized spacial score (nSPS) is 17.1. The van der Waals surface area contributed by atoms with E-state index in [2.05, 4.69) is 24.8 Å². The predicted octanol–water partition coefficient (Wildman–Crippen LogP) is 3.25. The van der Waals surface area contributed by atoms with Crippen molar-refractivity contribution in [1.82, 2.24) is 24.5 Å².